The Bertz CT molecular complexity index is 1020. The number of methoxy groups -OCH3 is 1. The summed E-state index contributed by atoms with van der Waals surface area (Å²) in [5.74, 6) is 2.46. The second kappa shape index (κ2) is 5.62. The van der Waals surface area contributed by atoms with Gasteiger partial charge in [0.15, 0.2) is 0 Å². The van der Waals surface area contributed by atoms with Crippen molar-refractivity contribution in [2.45, 2.75) is 13.0 Å². The van der Waals surface area contributed by atoms with Crippen molar-refractivity contribution in [3.05, 3.63) is 71.1 Å². The molecule has 2 aliphatic heterocycles. The molecule has 2 aliphatic rings. The van der Waals surface area contributed by atoms with Crippen molar-refractivity contribution in [1.82, 2.24) is 14.8 Å². The van der Waals surface area contributed by atoms with Crippen LogP contribution in [0.1, 0.15) is 22.7 Å². The Morgan fingerprint density at radius 1 is 1.19 bits per heavy atom. The van der Waals surface area contributed by atoms with E-state index in [1.165, 1.54) is 5.56 Å². The van der Waals surface area contributed by atoms with Gasteiger partial charge in [0.1, 0.15) is 30.5 Å². The van der Waals surface area contributed by atoms with E-state index in [-0.39, 0.29) is 6.04 Å². The first-order valence-corrected chi connectivity index (χ1v) is 8.52. The van der Waals surface area contributed by atoms with Gasteiger partial charge in [-0.25, -0.2) is 4.68 Å². The number of benzene rings is 2. The second-order valence-electron chi connectivity index (χ2n) is 6.52. The van der Waals surface area contributed by atoms with Crippen LogP contribution in [0, 0.1) is 6.92 Å². The van der Waals surface area contributed by atoms with Crippen LogP contribution in [-0.4, -0.2) is 28.5 Å². The number of hydrogen-bond donors (Lipinski definition) is 1. The Morgan fingerprint density at radius 2 is 2.04 bits per heavy atom. The monoisotopic (exact) mass is 346 g/mol. The molecule has 3 aromatic rings. The van der Waals surface area contributed by atoms with E-state index in [1.54, 1.807) is 13.4 Å². The molecule has 6 heteroatoms. The summed E-state index contributed by atoms with van der Waals surface area (Å²) in [4.78, 5) is 4.39. The third kappa shape index (κ3) is 2.19. The fourth-order valence-corrected chi connectivity index (χ4v) is 3.65. The van der Waals surface area contributed by atoms with Crippen LogP contribution < -0.4 is 14.8 Å². The van der Waals surface area contributed by atoms with Crippen LogP contribution in [0.4, 0.5) is 5.95 Å². The highest BCUT2D eigenvalue weighted by Gasteiger charge is 2.34. The van der Waals surface area contributed by atoms with Crippen LogP contribution in [0.5, 0.6) is 11.5 Å². The van der Waals surface area contributed by atoms with E-state index in [2.05, 4.69) is 46.6 Å². The minimum atomic E-state index is -0.0664. The molecule has 3 heterocycles. The summed E-state index contributed by atoms with van der Waals surface area (Å²) >= 11 is 0. The lowest BCUT2D eigenvalue weighted by molar-refractivity contribution is 0.328. The number of rotatable bonds is 2. The van der Waals surface area contributed by atoms with Gasteiger partial charge in [0, 0.05) is 11.1 Å². The van der Waals surface area contributed by atoms with E-state index in [0.29, 0.717) is 6.61 Å². The Labute approximate surface area is 151 Å². The smallest absolute Gasteiger partial charge is 0.226 e. The first kappa shape index (κ1) is 15.0. The number of nitrogens with one attached hydrogen (secondary N) is 1. The van der Waals surface area contributed by atoms with Crippen LogP contribution in [0.3, 0.4) is 0 Å². The van der Waals surface area contributed by atoms with E-state index in [0.717, 1.165) is 39.8 Å². The van der Waals surface area contributed by atoms with E-state index in [9.17, 15) is 0 Å². The van der Waals surface area contributed by atoms with Crippen molar-refractivity contribution in [3.63, 3.8) is 0 Å². The van der Waals surface area contributed by atoms with E-state index >= 15 is 0 Å². The summed E-state index contributed by atoms with van der Waals surface area (Å²) in [6.07, 6.45) is 1.58. The van der Waals surface area contributed by atoms with Crippen molar-refractivity contribution in [2.24, 2.45) is 0 Å². The number of aryl methyl sites for hydroxylation is 1. The van der Waals surface area contributed by atoms with Gasteiger partial charge in [-0.3, -0.25) is 0 Å². The van der Waals surface area contributed by atoms with Gasteiger partial charge in [-0.1, -0.05) is 23.8 Å². The molecular weight excluding hydrogens is 328 g/mol. The van der Waals surface area contributed by atoms with Crippen molar-refractivity contribution in [2.75, 3.05) is 19.0 Å². The lowest BCUT2D eigenvalue weighted by atomic mass is 9.91. The van der Waals surface area contributed by atoms with Crippen molar-refractivity contribution in [1.29, 1.82) is 0 Å². The van der Waals surface area contributed by atoms with Gasteiger partial charge in [0.2, 0.25) is 5.95 Å². The molecule has 0 amide bonds. The summed E-state index contributed by atoms with van der Waals surface area (Å²) < 4.78 is 13.3. The summed E-state index contributed by atoms with van der Waals surface area (Å²) in [5, 5.41) is 7.89. The molecule has 0 aliphatic carbocycles. The summed E-state index contributed by atoms with van der Waals surface area (Å²) in [7, 11) is 1.67. The molecule has 0 saturated carbocycles. The standard InChI is InChI=1S/C20H18N4O2/c1-12-3-8-17-15(9-12)18-16(10-26-17)19(24-20(23-18)21-11-22-24)13-4-6-14(25-2)7-5-13/h3-9,11,19H,10H2,1-2H3,(H,21,22,23)/t19-/m0/s1. The number of hydrogen-bond acceptors (Lipinski definition) is 5. The van der Waals surface area contributed by atoms with E-state index in [1.807, 2.05) is 22.9 Å². The zero-order valence-electron chi connectivity index (χ0n) is 14.6. The molecule has 26 heavy (non-hydrogen) atoms. The molecule has 0 radical (unpaired) electrons. The predicted molar refractivity (Wildman–Crippen MR) is 98.4 cm³/mol. The summed E-state index contributed by atoms with van der Waals surface area (Å²) in [6.45, 7) is 2.59. The maximum atomic E-state index is 6.05. The molecular formula is C20H18N4O2. The molecule has 1 aromatic heterocycles. The molecule has 6 nitrogen and oxygen atoms in total. The average molecular weight is 346 g/mol. The Kier molecular flexibility index (Phi) is 3.25. The van der Waals surface area contributed by atoms with Gasteiger partial charge in [-0.05, 0) is 36.8 Å². The van der Waals surface area contributed by atoms with Crippen LogP contribution in [0.25, 0.3) is 5.70 Å². The minimum Gasteiger partial charge on any atom is -0.497 e. The molecule has 0 unspecified atom stereocenters. The fraction of sp³-hybridized carbons (Fsp3) is 0.200. The SMILES string of the molecule is COc1ccc([C@H]2C3=C(Nc4ncnn42)c2cc(C)ccc2OC3)cc1. The molecule has 0 fully saturated rings. The van der Waals surface area contributed by atoms with Crippen LogP contribution in [0.2, 0.25) is 0 Å². The normalized spacial score (nSPS) is 17.5. The number of aromatic nitrogens is 3. The Morgan fingerprint density at radius 3 is 2.85 bits per heavy atom. The topological polar surface area (TPSA) is 61.2 Å². The average Bonchev–Trinajstić information content (AvgIpc) is 3.14. The highest BCUT2D eigenvalue weighted by molar-refractivity contribution is 5.84. The quantitative estimate of drug-likeness (QED) is 0.770. The summed E-state index contributed by atoms with van der Waals surface area (Å²) in [5.41, 5.74) is 5.59. The minimum absolute atomic E-state index is 0.0664. The number of anilines is 1. The van der Waals surface area contributed by atoms with Crippen molar-refractivity contribution < 1.29 is 9.47 Å². The van der Waals surface area contributed by atoms with Gasteiger partial charge in [0.05, 0.1) is 12.8 Å². The highest BCUT2D eigenvalue weighted by atomic mass is 16.5. The van der Waals surface area contributed by atoms with Crippen LogP contribution in [0.15, 0.2) is 54.4 Å². The lowest BCUT2D eigenvalue weighted by Gasteiger charge is -2.34. The molecule has 0 saturated heterocycles. The van der Waals surface area contributed by atoms with Gasteiger partial charge in [-0.2, -0.15) is 10.1 Å². The van der Waals surface area contributed by atoms with Crippen LogP contribution in [-0.2, 0) is 0 Å². The molecule has 0 bridgehead atoms. The predicted octanol–water partition coefficient (Wildman–Crippen LogP) is 3.41. The highest BCUT2D eigenvalue weighted by Crippen LogP contribution is 2.43. The molecule has 130 valence electrons. The first-order valence-electron chi connectivity index (χ1n) is 8.52. The fourth-order valence-electron chi connectivity index (χ4n) is 3.65. The zero-order chi connectivity index (χ0) is 17.7. The van der Waals surface area contributed by atoms with Gasteiger partial charge < -0.3 is 14.8 Å². The van der Waals surface area contributed by atoms with Gasteiger partial charge in [0.25, 0.3) is 0 Å². The van der Waals surface area contributed by atoms with E-state index in [4.69, 9.17) is 9.47 Å². The number of nitrogens with zero attached hydrogens (tertiary/aromatic N) is 3. The number of fused-ring (bicyclic) bond motifs is 3. The van der Waals surface area contributed by atoms with E-state index < -0.39 is 0 Å². The molecule has 2 aromatic carbocycles. The first-order chi connectivity index (χ1) is 12.7. The molecule has 5 rings (SSSR count). The Balaban J connectivity index is 1.70. The molecule has 1 atom stereocenters. The van der Waals surface area contributed by atoms with Crippen molar-refractivity contribution in [3.8, 4) is 11.5 Å². The number of ether oxygens (including phenoxy) is 2. The van der Waals surface area contributed by atoms with Crippen LogP contribution >= 0.6 is 0 Å². The second-order valence-corrected chi connectivity index (χ2v) is 6.52. The van der Waals surface area contributed by atoms with Gasteiger partial charge >= 0.3 is 0 Å². The Hall–Kier alpha value is -3.28. The maximum absolute atomic E-state index is 6.05. The van der Waals surface area contributed by atoms with Crippen molar-refractivity contribution >= 4 is 11.6 Å². The zero-order valence-corrected chi connectivity index (χ0v) is 14.6. The third-order valence-corrected chi connectivity index (χ3v) is 4.92. The third-order valence-electron chi connectivity index (χ3n) is 4.92. The summed E-state index contributed by atoms with van der Waals surface area (Å²) in [6, 6.07) is 14.2. The van der Waals surface area contributed by atoms with Gasteiger partial charge in [-0.15, -0.1) is 0 Å². The molecule has 0 spiro atoms. The maximum Gasteiger partial charge on any atom is 0.226 e. The molecule has 1 N–H and O–H groups in total. The lowest BCUT2D eigenvalue weighted by Crippen LogP contribution is -2.30. The largest absolute Gasteiger partial charge is 0.497 e.